The van der Waals surface area contributed by atoms with Crippen molar-refractivity contribution in [1.82, 2.24) is 0 Å². The number of hydrogen-bond acceptors (Lipinski definition) is 3. The number of fused-ring (bicyclic) bond motifs is 1. The van der Waals surface area contributed by atoms with Gasteiger partial charge in [-0.25, -0.2) is 0 Å². The van der Waals surface area contributed by atoms with Crippen LogP contribution in [0.3, 0.4) is 0 Å². The van der Waals surface area contributed by atoms with E-state index in [0.717, 1.165) is 15.6 Å². The monoisotopic (exact) mass is 236 g/mol. The number of rotatable bonds is 1. The summed E-state index contributed by atoms with van der Waals surface area (Å²) >= 11 is 1.64. The van der Waals surface area contributed by atoms with Gasteiger partial charge in [0.15, 0.2) is 11.5 Å². The minimum absolute atomic E-state index is 0.0407. The summed E-state index contributed by atoms with van der Waals surface area (Å²) in [4.78, 5) is 0. The Kier molecular flexibility index (Phi) is 2.58. The second-order valence-corrected chi connectivity index (χ2v) is 5.84. The lowest BCUT2D eigenvalue weighted by Crippen LogP contribution is -2.12. The van der Waals surface area contributed by atoms with Crippen LogP contribution < -0.4 is 4.74 Å². The molecule has 16 heavy (non-hydrogen) atoms. The molecule has 0 spiro atoms. The normalized spacial score (nSPS) is 12.0. The fraction of sp³-hybridized carbons (Fsp3) is 0.385. The van der Waals surface area contributed by atoms with Gasteiger partial charge in [-0.15, -0.1) is 11.3 Å². The molecule has 0 aliphatic carbocycles. The summed E-state index contributed by atoms with van der Waals surface area (Å²) in [5.41, 5.74) is 1.00. The highest BCUT2D eigenvalue weighted by Crippen LogP contribution is 2.44. The van der Waals surface area contributed by atoms with Gasteiger partial charge in [-0.05, 0) is 22.9 Å². The molecule has 1 heterocycles. The van der Waals surface area contributed by atoms with E-state index in [1.54, 1.807) is 18.4 Å². The fourth-order valence-electron chi connectivity index (χ4n) is 1.84. The summed E-state index contributed by atoms with van der Waals surface area (Å²) in [6.45, 7) is 6.34. The standard InChI is InChI=1S/C13H16O2S/c1-13(2,3)9-7-10-8(5-6-16-10)11(14)12(9)15-4/h5-7,14H,1-4H3. The average Bonchev–Trinajstić information content (AvgIpc) is 2.64. The Morgan fingerprint density at radius 3 is 2.56 bits per heavy atom. The molecule has 0 fully saturated rings. The summed E-state index contributed by atoms with van der Waals surface area (Å²) in [6, 6.07) is 4.03. The minimum Gasteiger partial charge on any atom is -0.504 e. The van der Waals surface area contributed by atoms with Crippen LogP contribution in [0.1, 0.15) is 26.3 Å². The van der Waals surface area contributed by atoms with Crippen LogP contribution in [0.4, 0.5) is 0 Å². The predicted octanol–water partition coefficient (Wildman–Crippen LogP) is 3.91. The molecular formula is C13H16O2S. The number of phenols is 1. The third-order valence-electron chi connectivity index (χ3n) is 2.70. The number of ether oxygens (including phenoxy) is 1. The summed E-state index contributed by atoms with van der Waals surface area (Å²) in [5, 5.41) is 13.0. The molecule has 0 aliphatic heterocycles. The molecule has 0 bridgehead atoms. The van der Waals surface area contributed by atoms with Crippen molar-refractivity contribution in [3.8, 4) is 11.5 Å². The van der Waals surface area contributed by atoms with Crippen LogP contribution in [-0.4, -0.2) is 12.2 Å². The lowest BCUT2D eigenvalue weighted by atomic mass is 9.85. The van der Waals surface area contributed by atoms with Crippen molar-refractivity contribution in [2.24, 2.45) is 0 Å². The Morgan fingerprint density at radius 1 is 1.31 bits per heavy atom. The van der Waals surface area contributed by atoms with Crippen LogP contribution in [0, 0.1) is 0 Å². The molecule has 0 unspecified atom stereocenters. The van der Waals surface area contributed by atoms with Crippen molar-refractivity contribution < 1.29 is 9.84 Å². The number of benzene rings is 1. The highest BCUT2D eigenvalue weighted by molar-refractivity contribution is 7.17. The zero-order valence-corrected chi connectivity index (χ0v) is 10.8. The number of phenolic OH excluding ortho intramolecular Hbond substituents is 1. The molecule has 2 nitrogen and oxygen atoms in total. The van der Waals surface area contributed by atoms with E-state index in [9.17, 15) is 5.11 Å². The van der Waals surface area contributed by atoms with E-state index in [1.807, 2.05) is 11.4 Å². The maximum atomic E-state index is 10.2. The maximum Gasteiger partial charge on any atom is 0.166 e. The van der Waals surface area contributed by atoms with Crippen molar-refractivity contribution in [1.29, 1.82) is 0 Å². The first-order valence-electron chi connectivity index (χ1n) is 5.23. The topological polar surface area (TPSA) is 29.5 Å². The molecule has 0 radical (unpaired) electrons. The molecule has 1 aromatic heterocycles. The summed E-state index contributed by atoms with van der Waals surface area (Å²) in [5.74, 6) is 0.851. The van der Waals surface area contributed by atoms with Crippen molar-refractivity contribution in [2.75, 3.05) is 7.11 Å². The smallest absolute Gasteiger partial charge is 0.166 e. The first-order valence-corrected chi connectivity index (χ1v) is 6.10. The van der Waals surface area contributed by atoms with Crippen LogP contribution in [0.15, 0.2) is 17.5 Å². The van der Waals surface area contributed by atoms with Crippen molar-refractivity contribution in [3.05, 3.63) is 23.1 Å². The van der Waals surface area contributed by atoms with Gasteiger partial charge in [0, 0.05) is 15.6 Å². The second kappa shape index (κ2) is 3.67. The zero-order chi connectivity index (χ0) is 11.9. The highest BCUT2D eigenvalue weighted by Gasteiger charge is 2.23. The zero-order valence-electron chi connectivity index (χ0n) is 10.00. The van der Waals surface area contributed by atoms with Gasteiger partial charge >= 0.3 is 0 Å². The molecule has 0 atom stereocenters. The first-order chi connectivity index (χ1) is 7.45. The Bertz CT molecular complexity index is 520. The number of thiophene rings is 1. The molecule has 0 saturated heterocycles. The van der Waals surface area contributed by atoms with Crippen LogP contribution in [0.5, 0.6) is 11.5 Å². The lowest BCUT2D eigenvalue weighted by molar-refractivity contribution is 0.363. The van der Waals surface area contributed by atoms with E-state index in [0.29, 0.717) is 5.75 Å². The van der Waals surface area contributed by atoms with Gasteiger partial charge in [-0.1, -0.05) is 20.8 Å². The Balaban J connectivity index is 2.82. The van der Waals surface area contributed by atoms with Crippen LogP contribution in [0.25, 0.3) is 10.1 Å². The summed E-state index contributed by atoms with van der Waals surface area (Å²) in [6.07, 6.45) is 0. The molecule has 3 heteroatoms. The molecule has 2 aromatic rings. The van der Waals surface area contributed by atoms with E-state index in [-0.39, 0.29) is 11.2 Å². The SMILES string of the molecule is COc1c(C(C)(C)C)cc2sccc2c1O. The van der Waals surface area contributed by atoms with Crippen LogP contribution in [-0.2, 0) is 5.41 Å². The third kappa shape index (κ3) is 1.65. The largest absolute Gasteiger partial charge is 0.504 e. The average molecular weight is 236 g/mol. The number of aromatic hydroxyl groups is 1. The van der Waals surface area contributed by atoms with E-state index in [2.05, 4.69) is 26.8 Å². The number of methoxy groups -OCH3 is 1. The van der Waals surface area contributed by atoms with Crippen molar-refractivity contribution >= 4 is 21.4 Å². The highest BCUT2D eigenvalue weighted by atomic mass is 32.1. The Morgan fingerprint density at radius 2 is 2.00 bits per heavy atom. The van der Waals surface area contributed by atoms with Gasteiger partial charge in [0.05, 0.1) is 7.11 Å². The predicted molar refractivity (Wildman–Crippen MR) is 68.7 cm³/mol. The maximum absolute atomic E-state index is 10.2. The lowest BCUT2D eigenvalue weighted by Gasteiger charge is -2.23. The Labute approximate surface area is 99.5 Å². The third-order valence-corrected chi connectivity index (χ3v) is 3.56. The minimum atomic E-state index is -0.0407. The quantitative estimate of drug-likeness (QED) is 0.813. The Hall–Kier alpha value is -1.22. The fourth-order valence-corrected chi connectivity index (χ4v) is 2.67. The molecule has 2 rings (SSSR count). The van der Waals surface area contributed by atoms with Gasteiger partial charge in [0.2, 0.25) is 0 Å². The van der Waals surface area contributed by atoms with E-state index in [4.69, 9.17) is 4.74 Å². The van der Waals surface area contributed by atoms with Gasteiger partial charge in [0.25, 0.3) is 0 Å². The van der Waals surface area contributed by atoms with Gasteiger partial charge in [-0.3, -0.25) is 0 Å². The van der Waals surface area contributed by atoms with Gasteiger partial charge in [-0.2, -0.15) is 0 Å². The van der Waals surface area contributed by atoms with Gasteiger partial charge < -0.3 is 9.84 Å². The van der Waals surface area contributed by atoms with Crippen LogP contribution in [0.2, 0.25) is 0 Å². The second-order valence-electron chi connectivity index (χ2n) is 4.89. The summed E-state index contributed by atoms with van der Waals surface area (Å²) < 4.78 is 6.43. The molecule has 0 amide bonds. The van der Waals surface area contributed by atoms with Crippen molar-refractivity contribution in [2.45, 2.75) is 26.2 Å². The van der Waals surface area contributed by atoms with E-state index >= 15 is 0 Å². The van der Waals surface area contributed by atoms with Gasteiger partial charge in [0.1, 0.15) is 0 Å². The van der Waals surface area contributed by atoms with Crippen LogP contribution >= 0.6 is 11.3 Å². The molecule has 0 aliphatic rings. The molecule has 1 aromatic carbocycles. The van der Waals surface area contributed by atoms with E-state index in [1.165, 1.54) is 0 Å². The number of hydrogen-bond donors (Lipinski definition) is 1. The molecule has 0 saturated carbocycles. The molecule has 1 N–H and O–H groups in total. The molecular weight excluding hydrogens is 220 g/mol. The first kappa shape index (κ1) is 11.3. The molecule has 86 valence electrons. The summed E-state index contributed by atoms with van der Waals surface area (Å²) in [7, 11) is 1.60. The van der Waals surface area contributed by atoms with E-state index < -0.39 is 0 Å². The van der Waals surface area contributed by atoms with Crippen molar-refractivity contribution in [3.63, 3.8) is 0 Å².